The Morgan fingerprint density at radius 3 is 3.14 bits per heavy atom. The fourth-order valence-corrected chi connectivity index (χ4v) is 1.59. The Bertz CT molecular complexity index is 409. The summed E-state index contributed by atoms with van der Waals surface area (Å²) in [5.74, 6) is 0.704. The van der Waals surface area contributed by atoms with Crippen LogP contribution in [0.1, 0.15) is 6.92 Å². The lowest BCUT2D eigenvalue weighted by Crippen LogP contribution is -2.10. The van der Waals surface area contributed by atoms with Crippen molar-refractivity contribution in [2.75, 3.05) is 11.5 Å². The topological polar surface area (TPSA) is 95.6 Å². The van der Waals surface area contributed by atoms with Crippen molar-refractivity contribution in [2.45, 2.75) is 12.1 Å². The van der Waals surface area contributed by atoms with Crippen molar-refractivity contribution >= 4 is 17.6 Å². The average Bonchev–Trinajstić information content (AvgIpc) is 2.12. The third-order valence-corrected chi connectivity index (χ3v) is 2.56. The Morgan fingerprint density at radius 1 is 1.86 bits per heavy atom. The number of nitriles is 1. The smallest absolute Gasteiger partial charge is 0.253 e. The second-order valence-corrected chi connectivity index (χ2v) is 3.83. The van der Waals surface area contributed by atoms with Gasteiger partial charge in [-0.2, -0.15) is 5.26 Å². The molecule has 0 bridgehead atoms. The predicted octanol–water partition coefficient (Wildman–Crippen LogP) is 0.604. The van der Waals surface area contributed by atoms with Gasteiger partial charge in [0.05, 0.1) is 12.0 Å². The highest BCUT2D eigenvalue weighted by Crippen LogP contribution is 2.15. The van der Waals surface area contributed by atoms with Crippen molar-refractivity contribution in [3.8, 4) is 6.07 Å². The predicted molar refractivity (Wildman–Crippen MR) is 54.8 cm³/mol. The van der Waals surface area contributed by atoms with Crippen molar-refractivity contribution in [1.29, 1.82) is 5.26 Å². The SMILES string of the molecule is CC(C#N)CSc1nc(N)cc(=O)[nH]1. The quantitative estimate of drug-likeness (QED) is 0.562. The van der Waals surface area contributed by atoms with Crippen molar-refractivity contribution in [3.63, 3.8) is 0 Å². The van der Waals surface area contributed by atoms with E-state index in [9.17, 15) is 4.79 Å². The van der Waals surface area contributed by atoms with Crippen LogP contribution in [0.15, 0.2) is 16.0 Å². The van der Waals surface area contributed by atoms with E-state index in [4.69, 9.17) is 11.0 Å². The van der Waals surface area contributed by atoms with Gasteiger partial charge in [-0.05, 0) is 6.92 Å². The van der Waals surface area contributed by atoms with Crippen LogP contribution in [0.4, 0.5) is 5.82 Å². The summed E-state index contributed by atoms with van der Waals surface area (Å²) in [7, 11) is 0. The molecule has 0 aliphatic heterocycles. The van der Waals surface area contributed by atoms with Crippen LogP contribution in [-0.4, -0.2) is 15.7 Å². The third-order valence-electron chi connectivity index (χ3n) is 1.43. The largest absolute Gasteiger partial charge is 0.383 e. The molecule has 74 valence electrons. The van der Waals surface area contributed by atoms with Gasteiger partial charge in [0.1, 0.15) is 5.82 Å². The molecule has 14 heavy (non-hydrogen) atoms. The van der Waals surface area contributed by atoms with Crippen LogP contribution in [-0.2, 0) is 0 Å². The maximum Gasteiger partial charge on any atom is 0.253 e. The molecule has 6 heteroatoms. The Kier molecular flexibility index (Phi) is 3.54. The van der Waals surface area contributed by atoms with Gasteiger partial charge in [0, 0.05) is 11.8 Å². The van der Waals surface area contributed by atoms with E-state index in [1.165, 1.54) is 17.8 Å². The highest BCUT2D eigenvalue weighted by atomic mass is 32.2. The van der Waals surface area contributed by atoms with Gasteiger partial charge in [-0.1, -0.05) is 11.8 Å². The Hall–Kier alpha value is -1.48. The Balaban J connectivity index is 2.69. The van der Waals surface area contributed by atoms with E-state index >= 15 is 0 Å². The summed E-state index contributed by atoms with van der Waals surface area (Å²) in [5.41, 5.74) is 5.12. The van der Waals surface area contributed by atoms with E-state index in [2.05, 4.69) is 16.0 Å². The number of aromatic amines is 1. The lowest BCUT2D eigenvalue weighted by atomic mass is 10.3. The van der Waals surface area contributed by atoms with Crippen LogP contribution in [0.25, 0.3) is 0 Å². The Morgan fingerprint density at radius 2 is 2.57 bits per heavy atom. The van der Waals surface area contributed by atoms with Gasteiger partial charge in [-0.25, -0.2) is 4.98 Å². The van der Waals surface area contributed by atoms with E-state index in [0.29, 0.717) is 10.9 Å². The van der Waals surface area contributed by atoms with Gasteiger partial charge >= 0.3 is 0 Å². The number of hydrogen-bond donors (Lipinski definition) is 2. The number of nitrogens with two attached hydrogens (primary N) is 1. The van der Waals surface area contributed by atoms with E-state index in [-0.39, 0.29) is 17.3 Å². The number of thioether (sulfide) groups is 1. The fraction of sp³-hybridized carbons (Fsp3) is 0.375. The van der Waals surface area contributed by atoms with Crippen LogP contribution in [0.3, 0.4) is 0 Å². The third kappa shape index (κ3) is 3.11. The molecule has 5 nitrogen and oxygen atoms in total. The minimum absolute atomic E-state index is 0.0771. The van der Waals surface area contributed by atoms with Crippen LogP contribution >= 0.6 is 11.8 Å². The van der Waals surface area contributed by atoms with Gasteiger partial charge in [-0.15, -0.1) is 0 Å². The normalized spacial score (nSPS) is 12.0. The van der Waals surface area contributed by atoms with Gasteiger partial charge in [0.25, 0.3) is 5.56 Å². The number of H-pyrrole nitrogens is 1. The number of nitrogen functional groups attached to an aromatic ring is 1. The molecule has 1 atom stereocenters. The summed E-state index contributed by atoms with van der Waals surface area (Å²) in [6.07, 6.45) is 0. The molecule has 0 saturated carbocycles. The van der Waals surface area contributed by atoms with Crippen molar-refractivity contribution < 1.29 is 0 Å². The molecule has 0 aromatic carbocycles. The highest BCUT2D eigenvalue weighted by molar-refractivity contribution is 7.99. The van der Waals surface area contributed by atoms with Crippen LogP contribution in [0.2, 0.25) is 0 Å². The highest BCUT2D eigenvalue weighted by Gasteiger charge is 2.03. The summed E-state index contributed by atoms with van der Waals surface area (Å²) in [5, 5.41) is 9.00. The number of rotatable bonds is 3. The molecular weight excluding hydrogens is 200 g/mol. The number of aromatic nitrogens is 2. The lowest BCUT2D eigenvalue weighted by molar-refractivity contribution is 0.855. The molecule has 0 spiro atoms. The molecule has 0 fully saturated rings. The minimum atomic E-state index is -0.274. The number of hydrogen-bond acceptors (Lipinski definition) is 5. The average molecular weight is 210 g/mol. The summed E-state index contributed by atoms with van der Waals surface area (Å²) in [4.78, 5) is 17.4. The molecule has 1 aromatic heterocycles. The number of nitrogens with zero attached hydrogens (tertiary/aromatic N) is 2. The van der Waals surface area contributed by atoms with Gasteiger partial charge in [-0.3, -0.25) is 4.79 Å². The molecular formula is C8H10N4OS. The maximum absolute atomic E-state index is 11.0. The van der Waals surface area contributed by atoms with Gasteiger partial charge < -0.3 is 10.7 Å². The van der Waals surface area contributed by atoms with E-state index in [1.54, 1.807) is 6.92 Å². The summed E-state index contributed by atoms with van der Waals surface area (Å²) >= 11 is 1.31. The van der Waals surface area contributed by atoms with Crippen LogP contribution < -0.4 is 11.3 Å². The standard InChI is InChI=1S/C8H10N4OS/c1-5(3-9)4-14-8-11-6(10)2-7(13)12-8/h2,5H,4H2,1H3,(H3,10,11,12,13). The minimum Gasteiger partial charge on any atom is -0.383 e. The maximum atomic E-state index is 11.0. The molecule has 1 aromatic rings. The zero-order chi connectivity index (χ0) is 10.6. The van der Waals surface area contributed by atoms with Crippen LogP contribution in [0.5, 0.6) is 0 Å². The molecule has 0 aliphatic rings. The molecule has 0 radical (unpaired) electrons. The van der Waals surface area contributed by atoms with Crippen molar-refractivity contribution in [2.24, 2.45) is 5.92 Å². The van der Waals surface area contributed by atoms with E-state index in [1.807, 2.05) is 0 Å². The molecule has 0 aliphatic carbocycles. The van der Waals surface area contributed by atoms with E-state index in [0.717, 1.165) is 0 Å². The second kappa shape index (κ2) is 4.67. The van der Waals surface area contributed by atoms with Crippen molar-refractivity contribution in [3.05, 3.63) is 16.4 Å². The molecule has 0 saturated heterocycles. The fourth-order valence-electron chi connectivity index (χ4n) is 0.763. The van der Waals surface area contributed by atoms with Gasteiger partial charge in [0.15, 0.2) is 5.16 Å². The zero-order valence-electron chi connectivity index (χ0n) is 7.65. The molecule has 1 unspecified atom stereocenters. The molecule has 1 heterocycles. The zero-order valence-corrected chi connectivity index (χ0v) is 8.47. The molecule has 0 amide bonds. The molecule has 3 N–H and O–H groups in total. The number of nitrogens with one attached hydrogen (secondary N) is 1. The first-order valence-corrected chi connectivity index (χ1v) is 4.99. The summed E-state index contributed by atoms with van der Waals surface area (Å²) in [6, 6.07) is 3.31. The number of anilines is 1. The first kappa shape index (κ1) is 10.6. The summed E-state index contributed by atoms with van der Waals surface area (Å²) in [6.45, 7) is 1.80. The lowest BCUT2D eigenvalue weighted by Gasteiger charge is -2.01. The first-order chi connectivity index (χ1) is 6.61. The monoisotopic (exact) mass is 210 g/mol. The van der Waals surface area contributed by atoms with Crippen molar-refractivity contribution in [1.82, 2.24) is 9.97 Å². The van der Waals surface area contributed by atoms with E-state index < -0.39 is 0 Å². The summed E-state index contributed by atoms with van der Waals surface area (Å²) < 4.78 is 0. The van der Waals surface area contributed by atoms with Crippen LogP contribution in [0, 0.1) is 17.2 Å². The Labute approximate surface area is 85.3 Å². The molecule has 1 rings (SSSR count). The van der Waals surface area contributed by atoms with Gasteiger partial charge in [0.2, 0.25) is 0 Å². The first-order valence-electron chi connectivity index (χ1n) is 4.01. The second-order valence-electron chi connectivity index (χ2n) is 2.82.